The molecule has 1 fully saturated rings. The summed E-state index contributed by atoms with van der Waals surface area (Å²) in [5.74, 6) is -0.128. The van der Waals surface area contributed by atoms with Crippen LogP contribution in [0.2, 0.25) is 0 Å². The first kappa shape index (κ1) is 14.4. The molecule has 1 heterocycles. The van der Waals surface area contributed by atoms with Gasteiger partial charge in [0.1, 0.15) is 5.82 Å². The Morgan fingerprint density at radius 3 is 2.47 bits per heavy atom. The van der Waals surface area contributed by atoms with E-state index < -0.39 is 0 Å². The van der Waals surface area contributed by atoms with E-state index in [9.17, 15) is 4.39 Å². The predicted molar refractivity (Wildman–Crippen MR) is 76.3 cm³/mol. The lowest BCUT2D eigenvalue weighted by molar-refractivity contribution is 0.0550. The zero-order valence-electron chi connectivity index (χ0n) is 12.1. The lowest BCUT2D eigenvalue weighted by Gasteiger charge is -2.42. The third-order valence-electron chi connectivity index (χ3n) is 4.18. The number of hydrogen-bond donors (Lipinski definition) is 1. The molecule has 1 saturated heterocycles. The molecule has 2 atom stereocenters. The monoisotopic (exact) mass is 265 g/mol. The normalized spacial score (nSPS) is 25.7. The van der Waals surface area contributed by atoms with Crippen molar-refractivity contribution in [2.45, 2.75) is 39.0 Å². The van der Waals surface area contributed by atoms with Crippen LogP contribution in [0.4, 0.5) is 4.39 Å². The lowest BCUT2D eigenvalue weighted by atomic mass is 10.1. The van der Waals surface area contributed by atoms with Gasteiger partial charge in [0.05, 0.1) is 0 Å². The van der Waals surface area contributed by atoms with Gasteiger partial charge in [-0.3, -0.25) is 9.80 Å². The van der Waals surface area contributed by atoms with Crippen LogP contribution in [0.15, 0.2) is 18.2 Å². The zero-order valence-corrected chi connectivity index (χ0v) is 12.1. The maximum atomic E-state index is 13.9. The van der Waals surface area contributed by atoms with Crippen molar-refractivity contribution in [2.75, 3.05) is 20.1 Å². The highest BCUT2D eigenvalue weighted by Crippen LogP contribution is 2.18. The summed E-state index contributed by atoms with van der Waals surface area (Å²) >= 11 is 0. The number of nitrogens with two attached hydrogens (primary N) is 1. The summed E-state index contributed by atoms with van der Waals surface area (Å²) in [6, 6.07) is 6.19. The minimum Gasteiger partial charge on any atom is -0.326 e. The Morgan fingerprint density at radius 1 is 1.26 bits per heavy atom. The van der Waals surface area contributed by atoms with Gasteiger partial charge in [-0.15, -0.1) is 0 Å². The van der Waals surface area contributed by atoms with Gasteiger partial charge in [-0.25, -0.2) is 4.39 Å². The summed E-state index contributed by atoms with van der Waals surface area (Å²) in [6.45, 7) is 7.52. The second kappa shape index (κ2) is 5.99. The number of halogens is 1. The van der Waals surface area contributed by atoms with Gasteiger partial charge < -0.3 is 5.73 Å². The summed E-state index contributed by atoms with van der Waals surface area (Å²) in [6.07, 6.45) is 0. The van der Waals surface area contributed by atoms with Gasteiger partial charge in [-0.1, -0.05) is 12.1 Å². The Bertz CT molecular complexity index is 423. The van der Waals surface area contributed by atoms with Crippen molar-refractivity contribution in [1.82, 2.24) is 9.80 Å². The summed E-state index contributed by atoms with van der Waals surface area (Å²) in [7, 11) is 2.16. The average molecular weight is 265 g/mol. The molecule has 0 aromatic heterocycles. The highest BCUT2D eigenvalue weighted by atomic mass is 19.1. The van der Waals surface area contributed by atoms with Gasteiger partial charge in [0, 0.05) is 43.8 Å². The summed E-state index contributed by atoms with van der Waals surface area (Å²) in [4.78, 5) is 4.71. The zero-order chi connectivity index (χ0) is 14.0. The molecule has 1 aliphatic rings. The number of likely N-dealkylation sites (N-methyl/N-ethyl adjacent to an activating group) is 1. The molecule has 1 aromatic carbocycles. The van der Waals surface area contributed by atoms with Gasteiger partial charge in [-0.05, 0) is 32.5 Å². The minimum absolute atomic E-state index is 0.128. The molecule has 0 amide bonds. The van der Waals surface area contributed by atoms with Gasteiger partial charge in [0.15, 0.2) is 0 Å². The predicted octanol–water partition coefficient (Wildman–Crippen LogP) is 1.81. The third-order valence-corrected chi connectivity index (χ3v) is 4.18. The van der Waals surface area contributed by atoms with E-state index in [4.69, 9.17) is 5.73 Å². The molecule has 4 heteroatoms. The molecule has 1 aliphatic heterocycles. The molecule has 0 radical (unpaired) electrons. The maximum absolute atomic E-state index is 13.9. The van der Waals surface area contributed by atoms with Crippen LogP contribution in [-0.4, -0.2) is 42.0 Å². The first-order valence-electron chi connectivity index (χ1n) is 6.93. The molecule has 0 saturated carbocycles. The van der Waals surface area contributed by atoms with Crippen molar-refractivity contribution in [3.8, 4) is 0 Å². The van der Waals surface area contributed by atoms with Crippen LogP contribution in [-0.2, 0) is 13.1 Å². The number of hydrogen-bond acceptors (Lipinski definition) is 3. The van der Waals surface area contributed by atoms with Crippen LogP contribution < -0.4 is 5.73 Å². The quantitative estimate of drug-likeness (QED) is 0.904. The molecule has 19 heavy (non-hydrogen) atoms. The Kier molecular flexibility index (Phi) is 4.55. The van der Waals surface area contributed by atoms with Crippen molar-refractivity contribution >= 4 is 0 Å². The smallest absolute Gasteiger partial charge is 0.127 e. The Morgan fingerprint density at radius 2 is 1.89 bits per heavy atom. The summed E-state index contributed by atoms with van der Waals surface area (Å²) in [5.41, 5.74) is 7.37. The molecule has 2 rings (SSSR count). The summed E-state index contributed by atoms with van der Waals surface area (Å²) in [5, 5.41) is 0. The van der Waals surface area contributed by atoms with Gasteiger partial charge >= 0.3 is 0 Å². The molecule has 2 unspecified atom stereocenters. The molecule has 3 nitrogen and oxygen atoms in total. The van der Waals surface area contributed by atoms with Crippen LogP contribution in [0.5, 0.6) is 0 Å². The largest absolute Gasteiger partial charge is 0.326 e. The maximum Gasteiger partial charge on any atom is 0.127 e. The van der Waals surface area contributed by atoms with Crippen LogP contribution in [0.1, 0.15) is 25.0 Å². The molecule has 1 aromatic rings. The van der Waals surface area contributed by atoms with Crippen molar-refractivity contribution in [3.63, 3.8) is 0 Å². The van der Waals surface area contributed by atoms with E-state index in [1.165, 1.54) is 6.07 Å². The molecule has 2 N–H and O–H groups in total. The number of piperazine rings is 1. The van der Waals surface area contributed by atoms with Crippen molar-refractivity contribution < 1.29 is 4.39 Å². The third kappa shape index (κ3) is 3.32. The number of nitrogens with zero attached hydrogens (tertiary/aromatic N) is 2. The van der Waals surface area contributed by atoms with Crippen LogP contribution >= 0.6 is 0 Å². The number of benzene rings is 1. The van der Waals surface area contributed by atoms with Gasteiger partial charge in [0.25, 0.3) is 0 Å². The fourth-order valence-electron chi connectivity index (χ4n) is 2.76. The molecule has 0 aliphatic carbocycles. The van der Waals surface area contributed by atoms with Crippen LogP contribution in [0.25, 0.3) is 0 Å². The first-order chi connectivity index (χ1) is 9.01. The van der Waals surface area contributed by atoms with Crippen LogP contribution in [0, 0.1) is 5.82 Å². The second-order valence-corrected chi connectivity index (χ2v) is 5.69. The van der Waals surface area contributed by atoms with E-state index in [2.05, 4.69) is 30.7 Å². The summed E-state index contributed by atoms with van der Waals surface area (Å²) < 4.78 is 13.9. The van der Waals surface area contributed by atoms with Crippen molar-refractivity contribution in [3.05, 3.63) is 35.1 Å². The first-order valence-corrected chi connectivity index (χ1v) is 6.93. The highest BCUT2D eigenvalue weighted by Gasteiger charge is 2.26. The molecule has 0 bridgehead atoms. The molecule has 106 valence electrons. The van der Waals surface area contributed by atoms with E-state index in [0.29, 0.717) is 25.2 Å². The van der Waals surface area contributed by atoms with E-state index >= 15 is 0 Å². The molecule has 0 spiro atoms. The van der Waals surface area contributed by atoms with E-state index in [1.54, 1.807) is 6.07 Å². The molecular formula is C15H24FN3. The fourth-order valence-corrected chi connectivity index (χ4v) is 2.76. The number of rotatable bonds is 3. The second-order valence-electron chi connectivity index (χ2n) is 5.69. The van der Waals surface area contributed by atoms with Gasteiger partial charge in [-0.2, -0.15) is 0 Å². The van der Waals surface area contributed by atoms with Crippen molar-refractivity contribution in [2.24, 2.45) is 5.73 Å². The van der Waals surface area contributed by atoms with Crippen LogP contribution in [0.3, 0.4) is 0 Å². The fraction of sp³-hybridized carbons (Fsp3) is 0.600. The average Bonchev–Trinajstić information content (AvgIpc) is 2.38. The van der Waals surface area contributed by atoms with Crippen molar-refractivity contribution in [1.29, 1.82) is 0 Å². The topological polar surface area (TPSA) is 32.5 Å². The standard InChI is InChI=1S/C15H24FN3/c1-11-8-19(9-12(2)18(11)3)10-14-6-13(7-17)4-5-15(14)16/h4-6,11-12H,7-10,17H2,1-3H3. The Labute approximate surface area is 115 Å². The lowest BCUT2D eigenvalue weighted by Crippen LogP contribution is -2.54. The van der Waals surface area contributed by atoms with E-state index in [1.807, 2.05) is 6.07 Å². The Hall–Kier alpha value is -0.970. The van der Waals surface area contributed by atoms with Gasteiger partial charge in [0.2, 0.25) is 0 Å². The highest BCUT2D eigenvalue weighted by molar-refractivity contribution is 5.25. The minimum atomic E-state index is -0.128. The molecular weight excluding hydrogens is 241 g/mol. The van der Waals surface area contributed by atoms with E-state index in [0.717, 1.165) is 24.2 Å². The Balaban J connectivity index is 2.09. The SMILES string of the molecule is CC1CN(Cc2cc(CN)ccc2F)CC(C)N1C. The van der Waals surface area contributed by atoms with E-state index in [-0.39, 0.29) is 5.82 Å².